The van der Waals surface area contributed by atoms with Gasteiger partial charge in [0, 0.05) is 27.6 Å². The summed E-state index contributed by atoms with van der Waals surface area (Å²) in [5, 5.41) is 28.8. The van der Waals surface area contributed by atoms with Gasteiger partial charge in [0.05, 0.1) is 5.56 Å². The number of carboxylic acids is 1. The van der Waals surface area contributed by atoms with Crippen LogP contribution in [0.1, 0.15) is 44.3 Å². The first-order chi connectivity index (χ1) is 16.4. The van der Waals surface area contributed by atoms with E-state index >= 15 is 0 Å². The standard InChI is InChI=1S/C24H22FN3O6S/c1-24(2,23(33)28-14-7-13(21(30)31)8-15(29)10-14)11-16-4-6-19(35-16)22(32)34-18-5-3-12(20(26)27)9-17(18)25/h3-10,29H,11H2,1-2H3,(H3,26,27)(H,28,33)(H,30,31). The van der Waals surface area contributed by atoms with E-state index in [2.05, 4.69) is 5.32 Å². The highest BCUT2D eigenvalue weighted by atomic mass is 32.1. The van der Waals surface area contributed by atoms with Gasteiger partial charge in [0.1, 0.15) is 16.5 Å². The molecule has 0 saturated heterocycles. The van der Waals surface area contributed by atoms with Crippen LogP contribution in [0.4, 0.5) is 10.1 Å². The van der Waals surface area contributed by atoms with Crippen molar-refractivity contribution in [1.29, 1.82) is 5.41 Å². The van der Waals surface area contributed by atoms with Gasteiger partial charge in [0.25, 0.3) is 0 Å². The Morgan fingerprint density at radius 3 is 2.46 bits per heavy atom. The van der Waals surface area contributed by atoms with Crippen molar-refractivity contribution >= 4 is 40.7 Å². The molecule has 0 radical (unpaired) electrons. The molecule has 3 aromatic rings. The van der Waals surface area contributed by atoms with Crippen molar-refractivity contribution in [3.05, 3.63) is 75.2 Å². The molecule has 1 heterocycles. The summed E-state index contributed by atoms with van der Waals surface area (Å²) in [6.07, 6.45) is 0.239. The zero-order valence-electron chi connectivity index (χ0n) is 18.7. The molecule has 0 aliphatic carbocycles. The number of esters is 1. The molecule has 0 saturated carbocycles. The number of nitrogens with one attached hydrogen (secondary N) is 2. The van der Waals surface area contributed by atoms with Crippen LogP contribution in [0.15, 0.2) is 48.5 Å². The molecule has 1 aromatic heterocycles. The Morgan fingerprint density at radius 2 is 1.83 bits per heavy atom. The first-order valence-corrected chi connectivity index (χ1v) is 11.0. The average Bonchev–Trinajstić information content (AvgIpc) is 3.22. The number of nitrogens with two attached hydrogens (primary N) is 1. The van der Waals surface area contributed by atoms with Gasteiger partial charge in [-0.3, -0.25) is 10.2 Å². The molecule has 2 aromatic carbocycles. The number of thiophene rings is 1. The molecule has 182 valence electrons. The minimum absolute atomic E-state index is 0.133. The monoisotopic (exact) mass is 499 g/mol. The molecule has 0 aliphatic rings. The normalized spacial score (nSPS) is 11.1. The summed E-state index contributed by atoms with van der Waals surface area (Å²) in [5.74, 6) is -4.21. The first kappa shape index (κ1) is 25.4. The Labute approximate surface area is 203 Å². The van der Waals surface area contributed by atoms with Gasteiger partial charge in [0.2, 0.25) is 5.91 Å². The van der Waals surface area contributed by atoms with Crippen molar-refractivity contribution in [3.8, 4) is 11.5 Å². The molecule has 11 heteroatoms. The lowest BCUT2D eigenvalue weighted by atomic mass is 9.87. The predicted molar refractivity (Wildman–Crippen MR) is 128 cm³/mol. The van der Waals surface area contributed by atoms with Gasteiger partial charge in [-0.1, -0.05) is 13.8 Å². The Morgan fingerprint density at radius 1 is 1.11 bits per heavy atom. The fourth-order valence-corrected chi connectivity index (χ4v) is 4.22. The maximum atomic E-state index is 14.2. The number of carboxylic acid groups (broad SMARTS) is 1. The van der Waals surface area contributed by atoms with Gasteiger partial charge in [-0.25, -0.2) is 14.0 Å². The van der Waals surface area contributed by atoms with Crippen molar-refractivity contribution in [2.24, 2.45) is 11.1 Å². The van der Waals surface area contributed by atoms with Crippen LogP contribution in [0, 0.1) is 16.6 Å². The van der Waals surface area contributed by atoms with Crippen LogP contribution in [-0.2, 0) is 11.2 Å². The third kappa shape index (κ3) is 6.21. The predicted octanol–water partition coefficient (Wildman–Crippen LogP) is 4.00. The minimum Gasteiger partial charge on any atom is -0.508 e. The smallest absolute Gasteiger partial charge is 0.353 e. The summed E-state index contributed by atoms with van der Waals surface area (Å²) in [7, 11) is 0. The minimum atomic E-state index is -1.25. The number of aromatic hydroxyl groups is 1. The molecule has 0 aliphatic heterocycles. The second-order valence-corrected chi connectivity index (χ2v) is 9.47. The molecular weight excluding hydrogens is 477 g/mol. The summed E-state index contributed by atoms with van der Waals surface area (Å²) in [5.41, 5.74) is 4.47. The number of nitrogen functional groups attached to an aromatic ring is 1. The number of hydrogen-bond donors (Lipinski definition) is 5. The molecule has 0 bridgehead atoms. The summed E-state index contributed by atoms with van der Waals surface area (Å²) in [4.78, 5) is 37.3. The number of carbonyl (C=O) groups excluding carboxylic acids is 2. The summed E-state index contributed by atoms with van der Waals surface area (Å²) in [6, 6.07) is 10.3. The van der Waals surface area contributed by atoms with Gasteiger partial charge in [-0.15, -0.1) is 11.3 Å². The average molecular weight is 500 g/mol. The van der Waals surface area contributed by atoms with E-state index in [0.717, 1.165) is 23.5 Å². The summed E-state index contributed by atoms with van der Waals surface area (Å²) < 4.78 is 19.3. The highest BCUT2D eigenvalue weighted by Crippen LogP contribution is 2.30. The molecule has 0 fully saturated rings. The zero-order valence-corrected chi connectivity index (χ0v) is 19.5. The Balaban J connectivity index is 1.68. The maximum absolute atomic E-state index is 14.2. The van der Waals surface area contributed by atoms with Crippen LogP contribution in [-0.4, -0.2) is 33.9 Å². The van der Waals surface area contributed by atoms with Gasteiger partial charge < -0.3 is 26.0 Å². The van der Waals surface area contributed by atoms with Crippen LogP contribution < -0.4 is 15.8 Å². The maximum Gasteiger partial charge on any atom is 0.353 e. The number of phenolic OH excluding ortho intramolecular Hbond substituents is 1. The molecule has 0 spiro atoms. The number of anilines is 1. The van der Waals surface area contributed by atoms with Crippen molar-refractivity contribution in [2.75, 3.05) is 5.32 Å². The van der Waals surface area contributed by atoms with E-state index < -0.39 is 29.1 Å². The number of amidine groups is 1. The summed E-state index contributed by atoms with van der Waals surface area (Å²) >= 11 is 1.08. The van der Waals surface area contributed by atoms with Gasteiger partial charge >= 0.3 is 11.9 Å². The first-order valence-electron chi connectivity index (χ1n) is 10.2. The van der Waals surface area contributed by atoms with E-state index in [4.69, 9.17) is 21.0 Å². The zero-order chi connectivity index (χ0) is 25.9. The number of ether oxygens (including phenoxy) is 1. The number of phenols is 1. The van der Waals surface area contributed by atoms with Crippen LogP contribution in [0.2, 0.25) is 0 Å². The van der Waals surface area contributed by atoms with Crippen molar-refractivity contribution in [1.82, 2.24) is 0 Å². The number of halogens is 1. The Hall–Kier alpha value is -4.25. The van der Waals surface area contributed by atoms with Gasteiger partial charge in [-0.05, 0) is 48.9 Å². The second kappa shape index (κ2) is 9.94. The number of benzene rings is 2. The summed E-state index contributed by atoms with van der Waals surface area (Å²) in [6.45, 7) is 3.35. The molecule has 0 unspecified atom stereocenters. The van der Waals surface area contributed by atoms with Crippen molar-refractivity contribution in [3.63, 3.8) is 0 Å². The van der Waals surface area contributed by atoms with Gasteiger partial charge in [0.15, 0.2) is 11.6 Å². The van der Waals surface area contributed by atoms with Gasteiger partial charge in [-0.2, -0.15) is 0 Å². The molecule has 3 rings (SSSR count). The third-order valence-corrected chi connectivity index (χ3v) is 6.03. The van der Waals surface area contributed by atoms with E-state index in [1.165, 1.54) is 30.3 Å². The van der Waals surface area contributed by atoms with Crippen LogP contribution in [0.25, 0.3) is 0 Å². The van der Waals surface area contributed by atoms with Crippen molar-refractivity contribution in [2.45, 2.75) is 20.3 Å². The molecule has 6 N–H and O–H groups in total. The number of hydrogen-bond acceptors (Lipinski definition) is 7. The highest BCUT2D eigenvalue weighted by Gasteiger charge is 2.29. The van der Waals surface area contributed by atoms with E-state index in [0.29, 0.717) is 4.88 Å². The Kier molecular flexibility index (Phi) is 7.20. The second-order valence-electron chi connectivity index (χ2n) is 8.30. The third-order valence-electron chi connectivity index (χ3n) is 4.96. The topological polar surface area (TPSA) is 163 Å². The Bertz CT molecular complexity index is 1330. The quantitative estimate of drug-likeness (QED) is 0.135. The van der Waals surface area contributed by atoms with Crippen LogP contribution in [0.3, 0.4) is 0 Å². The lowest BCUT2D eigenvalue weighted by Crippen LogP contribution is -2.32. The molecule has 0 atom stereocenters. The van der Waals surface area contributed by atoms with Crippen LogP contribution >= 0.6 is 11.3 Å². The molecule has 1 amide bonds. The van der Waals surface area contributed by atoms with Crippen molar-refractivity contribution < 1.29 is 33.7 Å². The lowest BCUT2D eigenvalue weighted by Gasteiger charge is -2.23. The van der Waals surface area contributed by atoms with E-state index in [1.807, 2.05) is 0 Å². The van der Waals surface area contributed by atoms with E-state index in [1.54, 1.807) is 19.9 Å². The largest absolute Gasteiger partial charge is 0.508 e. The van der Waals surface area contributed by atoms with Crippen LogP contribution in [0.5, 0.6) is 11.5 Å². The number of carbonyl (C=O) groups is 3. The SMILES string of the molecule is CC(C)(Cc1ccc(C(=O)Oc2ccc(C(=N)N)cc2F)s1)C(=O)Nc1cc(O)cc(C(=O)O)c1. The molecule has 35 heavy (non-hydrogen) atoms. The molecular formula is C24H22FN3O6S. The van der Waals surface area contributed by atoms with E-state index in [9.17, 15) is 23.9 Å². The van der Waals surface area contributed by atoms with E-state index in [-0.39, 0.29) is 45.4 Å². The fourth-order valence-electron chi connectivity index (χ4n) is 3.11. The highest BCUT2D eigenvalue weighted by molar-refractivity contribution is 7.14. The lowest BCUT2D eigenvalue weighted by molar-refractivity contribution is -0.123. The number of amides is 1. The molecule has 9 nitrogen and oxygen atoms in total. The fraction of sp³-hybridized carbons (Fsp3) is 0.167. The number of aromatic carboxylic acids is 1. The number of rotatable bonds is 8.